The fraction of sp³-hybridized carbons (Fsp3) is 0.533. The maximum Gasteiger partial charge on any atom is 0.315 e. The second-order valence-electron chi connectivity index (χ2n) is 5.24. The Labute approximate surface area is 114 Å². The highest BCUT2D eigenvalue weighted by Crippen LogP contribution is 2.30. The third-order valence-corrected chi connectivity index (χ3v) is 3.80. The minimum atomic E-state index is -0.668. The van der Waals surface area contributed by atoms with Gasteiger partial charge in [0.05, 0.1) is 5.60 Å². The molecule has 3 N–H and O–H groups in total. The predicted molar refractivity (Wildman–Crippen MR) is 74.9 cm³/mol. The first-order chi connectivity index (χ1) is 9.13. The van der Waals surface area contributed by atoms with E-state index in [1.165, 1.54) is 5.56 Å². The van der Waals surface area contributed by atoms with Crippen LogP contribution < -0.4 is 10.6 Å². The maximum atomic E-state index is 11.7. The van der Waals surface area contributed by atoms with Crippen molar-refractivity contribution in [1.82, 2.24) is 10.6 Å². The molecule has 1 aromatic carbocycles. The number of hydrogen-bond acceptors (Lipinski definition) is 2. The van der Waals surface area contributed by atoms with Crippen molar-refractivity contribution in [3.63, 3.8) is 0 Å². The van der Waals surface area contributed by atoms with Crippen LogP contribution in [-0.2, 0) is 13.0 Å². The summed E-state index contributed by atoms with van der Waals surface area (Å²) in [5, 5.41) is 15.4. The average molecular weight is 262 g/mol. The van der Waals surface area contributed by atoms with E-state index in [-0.39, 0.29) is 6.03 Å². The van der Waals surface area contributed by atoms with Gasteiger partial charge in [0.15, 0.2) is 0 Å². The number of urea groups is 1. The van der Waals surface area contributed by atoms with Crippen LogP contribution in [0.15, 0.2) is 24.3 Å². The quantitative estimate of drug-likeness (QED) is 0.759. The van der Waals surface area contributed by atoms with Crippen molar-refractivity contribution in [1.29, 1.82) is 0 Å². The molecule has 2 rings (SSSR count). The fourth-order valence-electron chi connectivity index (χ4n) is 2.32. The van der Waals surface area contributed by atoms with Gasteiger partial charge in [-0.1, -0.05) is 31.2 Å². The first-order valence-corrected chi connectivity index (χ1v) is 6.94. The van der Waals surface area contributed by atoms with Crippen molar-refractivity contribution in [3.8, 4) is 0 Å². The number of aryl methyl sites for hydroxylation is 1. The zero-order chi connectivity index (χ0) is 13.7. The molecule has 1 saturated carbocycles. The normalized spacial score (nSPS) is 16.5. The van der Waals surface area contributed by atoms with Crippen molar-refractivity contribution < 1.29 is 9.90 Å². The van der Waals surface area contributed by atoms with Crippen molar-refractivity contribution in [2.45, 2.75) is 44.8 Å². The van der Waals surface area contributed by atoms with Crippen molar-refractivity contribution in [3.05, 3.63) is 35.4 Å². The summed E-state index contributed by atoms with van der Waals surface area (Å²) < 4.78 is 0. The van der Waals surface area contributed by atoms with E-state index in [1.807, 2.05) is 18.2 Å². The Bertz CT molecular complexity index is 442. The van der Waals surface area contributed by atoms with Crippen LogP contribution in [-0.4, -0.2) is 23.3 Å². The smallest absolute Gasteiger partial charge is 0.315 e. The van der Waals surface area contributed by atoms with Crippen LogP contribution in [0.2, 0.25) is 0 Å². The third kappa shape index (κ3) is 3.70. The molecule has 0 bridgehead atoms. The number of benzene rings is 1. The molecule has 1 fully saturated rings. The lowest BCUT2D eigenvalue weighted by Crippen LogP contribution is -2.50. The molecular weight excluding hydrogens is 240 g/mol. The molecule has 0 aliphatic heterocycles. The summed E-state index contributed by atoms with van der Waals surface area (Å²) in [5.74, 6) is 0. The lowest BCUT2D eigenvalue weighted by molar-refractivity contribution is -0.0290. The van der Waals surface area contributed by atoms with E-state index in [0.29, 0.717) is 13.1 Å². The van der Waals surface area contributed by atoms with E-state index in [9.17, 15) is 9.90 Å². The molecule has 0 radical (unpaired) electrons. The molecule has 0 atom stereocenters. The van der Waals surface area contributed by atoms with Crippen molar-refractivity contribution in [2.75, 3.05) is 6.54 Å². The van der Waals surface area contributed by atoms with Crippen molar-refractivity contribution >= 4 is 6.03 Å². The molecule has 0 heterocycles. The van der Waals surface area contributed by atoms with E-state index in [4.69, 9.17) is 0 Å². The average Bonchev–Trinajstić information content (AvgIpc) is 2.41. The summed E-state index contributed by atoms with van der Waals surface area (Å²) >= 11 is 0. The van der Waals surface area contributed by atoms with Gasteiger partial charge in [-0.2, -0.15) is 0 Å². The molecule has 0 spiro atoms. The van der Waals surface area contributed by atoms with Crippen LogP contribution in [0.25, 0.3) is 0 Å². The predicted octanol–water partition coefficient (Wildman–Crippen LogP) is 1.96. The van der Waals surface area contributed by atoms with Gasteiger partial charge in [0.1, 0.15) is 0 Å². The summed E-state index contributed by atoms with van der Waals surface area (Å²) in [6, 6.07) is 7.87. The Morgan fingerprint density at radius 2 is 1.95 bits per heavy atom. The number of rotatable bonds is 5. The second kappa shape index (κ2) is 6.06. The van der Waals surface area contributed by atoms with Crippen LogP contribution in [0.3, 0.4) is 0 Å². The minimum absolute atomic E-state index is 0.216. The molecule has 1 aliphatic rings. The maximum absolute atomic E-state index is 11.7. The number of nitrogens with one attached hydrogen (secondary N) is 2. The van der Waals surface area contributed by atoms with Gasteiger partial charge >= 0.3 is 6.03 Å². The van der Waals surface area contributed by atoms with Crippen molar-refractivity contribution in [2.24, 2.45) is 0 Å². The molecule has 4 nitrogen and oxygen atoms in total. The summed E-state index contributed by atoms with van der Waals surface area (Å²) in [4.78, 5) is 11.7. The van der Waals surface area contributed by atoms with E-state index in [1.54, 1.807) is 0 Å². The van der Waals surface area contributed by atoms with E-state index < -0.39 is 5.60 Å². The number of amides is 2. The Kier molecular flexibility index (Phi) is 4.43. The molecule has 0 aromatic heterocycles. The van der Waals surface area contributed by atoms with Gasteiger partial charge in [0, 0.05) is 13.1 Å². The number of hydrogen-bond donors (Lipinski definition) is 3. The molecule has 2 amide bonds. The molecule has 1 aromatic rings. The zero-order valence-electron chi connectivity index (χ0n) is 11.4. The van der Waals surface area contributed by atoms with E-state index in [2.05, 4.69) is 23.6 Å². The highest BCUT2D eigenvalue weighted by molar-refractivity contribution is 5.74. The molecule has 19 heavy (non-hydrogen) atoms. The lowest BCUT2D eigenvalue weighted by atomic mass is 9.80. The van der Waals surface area contributed by atoms with Crippen LogP contribution in [0, 0.1) is 0 Å². The Morgan fingerprint density at radius 1 is 1.26 bits per heavy atom. The zero-order valence-corrected chi connectivity index (χ0v) is 11.4. The summed E-state index contributed by atoms with van der Waals surface area (Å²) in [6.45, 7) is 2.97. The highest BCUT2D eigenvalue weighted by Gasteiger charge is 2.34. The molecule has 104 valence electrons. The lowest BCUT2D eigenvalue weighted by Gasteiger charge is -2.36. The topological polar surface area (TPSA) is 61.4 Å². The van der Waals surface area contributed by atoms with Gasteiger partial charge in [-0.25, -0.2) is 4.79 Å². The monoisotopic (exact) mass is 262 g/mol. The number of aliphatic hydroxyl groups is 1. The Hall–Kier alpha value is -1.55. The summed E-state index contributed by atoms with van der Waals surface area (Å²) in [6.07, 6.45) is 3.57. The van der Waals surface area contributed by atoms with E-state index >= 15 is 0 Å². The number of carbonyl (C=O) groups is 1. The Morgan fingerprint density at radius 3 is 2.53 bits per heavy atom. The largest absolute Gasteiger partial charge is 0.388 e. The standard InChI is InChI=1S/C15H22N2O2/c1-2-12-6-3-4-7-13(12)10-16-14(18)17-11-15(19)8-5-9-15/h3-4,6-7,19H,2,5,8-11H2,1H3,(H2,16,17,18). The van der Waals surface area contributed by atoms with Gasteiger partial charge in [0.2, 0.25) is 0 Å². The molecular formula is C15H22N2O2. The third-order valence-electron chi connectivity index (χ3n) is 3.80. The Balaban J connectivity index is 1.76. The molecule has 0 saturated heterocycles. The second-order valence-corrected chi connectivity index (χ2v) is 5.24. The van der Waals surface area contributed by atoms with Gasteiger partial charge in [-0.15, -0.1) is 0 Å². The summed E-state index contributed by atoms with van der Waals surface area (Å²) in [5.41, 5.74) is 1.72. The van der Waals surface area contributed by atoms with E-state index in [0.717, 1.165) is 31.2 Å². The summed E-state index contributed by atoms with van der Waals surface area (Å²) in [7, 11) is 0. The van der Waals surface area contributed by atoms with Crippen LogP contribution in [0.5, 0.6) is 0 Å². The molecule has 0 unspecified atom stereocenters. The number of carbonyl (C=O) groups excluding carboxylic acids is 1. The van der Waals surface area contributed by atoms with Gasteiger partial charge in [0.25, 0.3) is 0 Å². The fourth-order valence-corrected chi connectivity index (χ4v) is 2.32. The van der Waals surface area contributed by atoms with Crippen LogP contribution in [0.1, 0.15) is 37.3 Å². The molecule has 1 aliphatic carbocycles. The van der Waals surface area contributed by atoms with Gasteiger partial charge in [-0.05, 0) is 36.8 Å². The van der Waals surface area contributed by atoms with Crippen LogP contribution in [0.4, 0.5) is 4.79 Å². The first-order valence-electron chi connectivity index (χ1n) is 6.94. The first kappa shape index (κ1) is 13.9. The van der Waals surface area contributed by atoms with Crippen LogP contribution >= 0.6 is 0 Å². The minimum Gasteiger partial charge on any atom is -0.388 e. The van der Waals surface area contributed by atoms with Gasteiger partial charge in [-0.3, -0.25) is 0 Å². The highest BCUT2D eigenvalue weighted by atomic mass is 16.3. The SMILES string of the molecule is CCc1ccccc1CNC(=O)NCC1(O)CCC1. The molecule has 4 heteroatoms. The van der Waals surface area contributed by atoms with Gasteiger partial charge < -0.3 is 15.7 Å².